The largest absolute Gasteiger partial charge is 0.384 e. The van der Waals surface area contributed by atoms with E-state index in [9.17, 15) is 8.42 Å². The maximum Gasteiger partial charge on any atom is 0.240 e. The van der Waals surface area contributed by atoms with Gasteiger partial charge in [-0.05, 0) is 56.6 Å². The topological polar surface area (TPSA) is 61.4 Å². The van der Waals surface area contributed by atoms with E-state index < -0.39 is 10.0 Å². The molecule has 2 N–H and O–H groups in total. The Morgan fingerprint density at radius 3 is 3.05 bits per heavy atom. The van der Waals surface area contributed by atoms with Crippen LogP contribution in [0.3, 0.4) is 0 Å². The number of anilines is 1. The van der Waals surface area contributed by atoms with Gasteiger partial charge in [-0.3, -0.25) is 0 Å². The molecule has 0 amide bonds. The highest BCUT2D eigenvalue weighted by Gasteiger charge is 2.24. The number of fused-ring (bicyclic) bond motifs is 1. The van der Waals surface area contributed by atoms with Crippen molar-refractivity contribution in [3.63, 3.8) is 0 Å². The summed E-state index contributed by atoms with van der Waals surface area (Å²) in [6.07, 6.45) is 3.10. The quantitative estimate of drug-likeness (QED) is 0.871. The van der Waals surface area contributed by atoms with Crippen molar-refractivity contribution >= 4 is 15.7 Å². The molecule has 1 aromatic carbocycles. The van der Waals surface area contributed by atoms with Gasteiger partial charge in [0, 0.05) is 24.8 Å². The third-order valence-electron chi connectivity index (χ3n) is 4.28. The van der Waals surface area contributed by atoms with E-state index in [4.69, 9.17) is 0 Å². The van der Waals surface area contributed by atoms with Crippen LogP contribution in [0.2, 0.25) is 0 Å². The van der Waals surface area contributed by atoms with Crippen molar-refractivity contribution in [3.05, 3.63) is 23.8 Å². The zero-order chi connectivity index (χ0) is 14.2. The van der Waals surface area contributed by atoms with Crippen LogP contribution in [0.25, 0.3) is 0 Å². The minimum Gasteiger partial charge on any atom is -0.384 e. The van der Waals surface area contributed by atoms with Crippen LogP contribution in [-0.2, 0) is 16.4 Å². The molecule has 2 aliphatic heterocycles. The minimum atomic E-state index is -3.40. The predicted molar refractivity (Wildman–Crippen MR) is 79.5 cm³/mol. The number of sulfonamides is 1. The molecular weight excluding hydrogens is 274 g/mol. The van der Waals surface area contributed by atoms with Gasteiger partial charge >= 0.3 is 0 Å². The van der Waals surface area contributed by atoms with Gasteiger partial charge in [0.25, 0.3) is 0 Å². The summed E-state index contributed by atoms with van der Waals surface area (Å²) in [5.41, 5.74) is 2.14. The molecule has 0 saturated carbocycles. The minimum absolute atomic E-state index is 0.320. The molecule has 5 nitrogen and oxygen atoms in total. The summed E-state index contributed by atoms with van der Waals surface area (Å²) in [6.45, 7) is 2.43. The molecule has 0 aromatic heterocycles. The molecule has 1 fully saturated rings. The van der Waals surface area contributed by atoms with Crippen LogP contribution in [0.5, 0.6) is 0 Å². The lowest BCUT2D eigenvalue weighted by Gasteiger charge is -2.19. The van der Waals surface area contributed by atoms with Crippen molar-refractivity contribution in [3.8, 4) is 0 Å². The fourth-order valence-electron chi connectivity index (χ4n) is 2.97. The number of likely N-dealkylation sites (N-methyl/N-ethyl adjacent to an activating group) is 1. The molecule has 1 unspecified atom stereocenters. The van der Waals surface area contributed by atoms with E-state index in [1.165, 1.54) is 0 Å². The smallest absolute Gasteiger partial charge is 0.240 e. The summed E-state index contributed by atoms with van der Waals surface area (Å²) < 4.78 is 27.4. The van der Waals surface area contributed by atoms with Crippen molar-refractivity contribution in [2.45, 2.75) is 30.2 Å². The highest BCUT2D eigenvalue weighted by Crippen LogP contribution is 2.25. The van der Waals surface area contributed by atoms with Gasteiger partial charge in [0.1, 0.15) is 0 Å². The normalized spacial score (nSPS) is 22.8. The Balaban J connectivity index is 1.71. The first kappa shape index (κ1) is 13.9. The number of hydrogen-bond acceptors (Lipinski definition) is 4. The van der Waals surface area contributed by atoms with Crippen LogP contribution in [0.1, 0.15) is 18.4 Å². The zero-order valence-electron chi connectivity index (χ0n) is 11.7. The van der Waals surface area contributed by atoms with E-state index in [1.807, 2.05) is 13.1 Å². The lowest BCUT2D eigenvalue weighted by atomic mass is 10.2. The van der Waals surface area contributed by atoms with Crippen LogP contribution in [-0.4, -0.2) is 46.0 Å². The molecule has 1 saturated heterocycles. The zero-order valence-corrected chi connectivity index (χ0v) is 12.5. The standard InChI is InChI=1S/C14H21N3O2S/c1-17-8-2-3-12(17)10-16-20(18,19)13-4-5-14-11(9-13)6-7-15-14/h4-5,9,12,15-16H,2-3,6-8,10H2,1H3. The van der Waals surface area contributed by atoms with Crippen molar-refractivity contribution in [2.24, 2.45) is 0 Å². The Morgan fingerprint density at radius 2 is 2.30 bits per heavy atom. The molecule has 6 heteroatoms. The SMILES string of the molecule is CN1CCCC1CNS(=O)(=O)c1ccc2c(c1)CCN2. The van der Waals surface area contributed by atoms with Crippen molar-refractivity contribution in [1.29, 1.82) is 0 Å². The van der Waals surface area contributed by atoms with Crippen LogP contribution in [0, 0.1) is 0 Å². The van der Waals surface area contributed by atoms with Crippen molar-refractivity contribution < 1.29 is 8.42 Å². The molecule has 0 spiro atoms. The van der Waals surface area contributed by atoms with Crippen LogP contribution < -0.4 is 10.0 Å². The number of nitrogens with one attached hydrogen (secondary N) is 2. The first-order valence-corrected chi connectivity index (χ1v) is 8.61. The molecule has 2 aliphatic rings. The predicted octanol–water partition coefficient (Wildman–Crippen LogP) is 1.03. The molecule has 0 bridgehead atoms. The number of rotatable bonds is 4. The Kier molecular flexibility index (Phi) is 3.70. The average Bonchev–Trinajstić information content (AvgIpc) is 3.04. The highest BCUT2D eigenvalue weighted by atomic mass is 32.2. The van der Waals surface area contributed by atoms with Crippen LogP contribution in [0.4, 0.5) is 5.69 Å². The highest BCUT2D eigenvalue weighted by molar-refractivity contribution is 7.89. The summed E-state index contributed by atoms with van der Waals surface area (Å²) >= 11 is 0. The lowest BCUT2D eigenvalue weighted by molar-refractivity contribution is 0.311. The van der Waals surface area contributed by atoms with Crippen LogP contribution in [0.15, 0.2) is 23.1 Å². The third kappa shape index (κ3) is 2.68. The van der Waals surface area contributed by atoms with Gasteiger partial charge in [0.2, 0.25) is 10.0 Å². The second-order valence-electron chi connectivity index (χ2n) is 5.62. The second kappa shape index (κ2) is 5.35. The fraction of sp³-hybridized carbons (Fsp3) is 0.571. The van der Waals surface area contributed by atoms with Gasteiger partial charge in [0.05, 0.1) is 4.90 Å². The molecule has 1 aromatic rings. The van der Waals surface area contributed by atoms with Gasteiger partial charge in [-0.15, -0.1) is 0 Å². The van der Waals surface area contributed by atoms with Crippen molar-refractivity contribution in [1.82, 2.24) is 9.62 Å². The van der Waals surface area contributed by atoms with Gasteiger partial charge < -0.3 is 10.2 Å². The van der Waals surface area contributed by atoms with Crippen LogP contribution >= 0.6 is 0 Å². The Hall–Kier alpha value is -1.11. The number of hydrogen-bond donors (Lipinski definition) is 2. The molecule has 1 atom stereocenters. The van der Waals surface area contributed by atoms with E-state index >= 15 is 0 Å². The van der Waals surface area contributed by atoms with Gasteiger partial charge in [-0.1, -0.05) is 0 Å². The first-order valence-electron chi connectivity index (χ1n) is 7.13. The van der Waals surface area contributed by atoms with E-state index in [2.05, 4.69) is 14.9 Å². The van der Waals surface area contributed by atoms with Gasteiger partial charge in [0.15, 0.2) is 0 Å². The third-order valence-corrected chi connectivity index (χ3v) is 5.70. The van der Waals surface area contributed by atoms with Crippen molar-refractivity contribution in [2.75, 3.05) is 32.0 Å². The Labute approximate surface area is 120 Å². The maximum atomic E-state index is 12.3. The summed E-state index contributed by atoms with van der Waals surface area (Å²) in [6, 6.07) is 5.65. The Bertz CT molecular complexity index is 600. The molecule has 0 aliphatic carbocycles. The van der Waals surface area contributed by atoms with E-state index in [1.54, 1.807) is 12.1 Å². The van der Waals surface area contributed by atoms with E-state index in [-0.39, 0.29) is 0 Å². The fourth-order valence-corrected chi connectivity index (χ4v) is 4.10. The molecule has 20 heavy (non-hydrogen) atoms. The Morgan fingerprint density at radius 1 is 1.45 bits per heavy atom. The summed E-state index contributed by atoms with van der Waals surface area (Å²) in [5, 5.41) is 3.24. The average molecular weight is 295 g/mol. The molecule has 3 rings (SSSR count). The monoisotopic (exact) mass is 295 g/mol. The molecular formula is C14H21N3O2S. The lowest BCUT2D eigenvalue weighted by Crippen LogP contribution is -2.38. The summed E-state index contributed by atoms with van der Waals surface area (Å²) in [7, 11) is -1.35. The van der Waals surface area contributed by atoms with Gasteiger partial charge in [-0.2, -0.15) is 0 Å². The maximum absolute atomic E-state index is 12.3. The number of nitrogens with zero attached hydrogens (tertiary/aromatic N) is 1. The molecule has 110 valence electrons. The first-order chi connectivity index (χ1) is 9.56. The number of benzene rings is 1. The van der Waals surface area contributed by atoms with E-state index in [0.717, 1.165) is 43.6 Å². The summed E-state index contributed by atoms with van der Waals surface area (Å²) in [4.78, 5) is 2.59. The van der Waals surface area contributed by atoms with Gasteiger partial charge in [-0.25, -0.2) is 13.1 Å². The molecule has 2 heterocycles. The second-order valence-corrected chi connectivity index (χ2v) is 7.39. The molecule has 0 radical (unpaired) electrons. The number of likely N-dealkylation sites (tertiary alicyclic amines) is 1. The summed E-state index contributed by atoms with van der Waals surface area (Å²) in [5.74, 6) is 0. The van der Waals surface area contributed by atoms with E-state index in [0.29, 0.717) is 17.5 Å².